The fourth-order valence-corrected chi connectivity index (χ4v) is 2.26. The number of fused-ring (bicyclic) bond motifs is 1. The molecule has 5 nitrogen and oxygen atoms in total. The van der Waals surface area contributed by atoms with Gasteiger partial charge in [-0.1, -0.05) is 12.1 Å². The molecular formula is C14H13N3O2. The van der Waals surface area contributed by atoms with Crippen LogP contribution in [0.25, 0.3) is 10.8 Å². The van der Waals surface area contributed by atoms with Gasteiger partial charge in [-0.3, -0.25) is 14.6 Å². The van der Waals surface area contributed by atoms with E-state index in [4.69, 9.17) is 0 Å². The first-order valence-electron chi connectivity index (χ1n) is 6.17. The molecule has 1 aliphatic rings. The highest BCUT2D eigenvalue weighted by molar-refractivity contribution is 6.05. The lowest BCUT2D eigenvalue weighted by Gasteiger charge is -2.12. The molecular weight excluding hydrogens is 242 g/mol. The number of amides is 2. The van der Waals surface area contributed by atoms with Crippen LogP contribution < -0.4 is 10.6 Å². The van der Waals surface area contributed by atoms with Gasteiger partial charge in [0.15, 0.2) is 0 Å². The molecule has 1 aromatic carbocycles. The monoisotopic (exact) mass is 255 g/mol. The van der Waals surface area contributed by atoms with Crippen molar-refractivity contribution in [2.24, 2.45) is 0 Å². The molecule has 19 heavy (non-hydrogen) atoms. The third-order valence-corrected chi connectivity index (χ3v) is 3.25. The van der Waals surface area contributed by atoms with Gasteiger partial charge >= 0.3 is 0 Å². The van der Waals surface area contributed by atoms with Crippen molar-refractivity contribution in [1.82, 2.24) is 10.3 Å². The summed E-state index contributed by atoms with van der Waals surface area (Å²) in [5.74, 6) is -0.238. The summed E-state index contributed by atoms with van der Waals surface area (Å²) in [6.45, 7) is 0. The molecule has 0 saturated carbocycles. The number of hydrogen-bond donors (Lipinski definition) is 2. The summed E-state index contributed by atoms with van der Waals surface area (Å²) in [7, 11) is 0. The van der Waals surface area contributed by atoms with Gasteiger partial charge in [-0.25, -0.2) is 0 Å². The Hall–Kier alpha value is -2.43. The Bertz CT molecular complexity index is 649. The maximum Gasteiger partial charge on any atom is 0.246 e. The van der Waals surface area contributed by atoms with Crippen molar-refractivity contribution in [2.75, 3.05) is 5.32 Å². The van der Waals surface area contributed by atoms with E-state index < -0.39 is 6.04 Å². The minimum atomic E-state index is -0.426. The molecule has 2 amide bonds. The van der Waals surface area contributed by atoms with Crippen molar-refractivity contribution in [1.29, 1.82) is 0 Å². The molecule has 2 aromatic rings. The van der Waals surface area contributed by atoms with E-state index in [2.05, 4.69) is 15.6 Å². The number of nitrogens with zero attached hydrogens (tertiary/aromatic N) is 1. The Kier molecular flexibility index (Phi) is 2.87. The first kappa shape index (κ1) is 11.6. The molecule has 1 atom stereocenters. The highest BCUT2D eigenvalue weighted by Gasteiger charge is 2.27. The van der Waals surface area contributed by atoms with Crippen LogP contribution in [0.15, 0.2) is 36.7 Å². The number of rotatable bonds is 2. The van der Waals surface area contributed by atoms with Crippen LogP contribution in [0.1, 0.15) is 12.8 Å². The molecule has 0 bridgehead atoms. The minimum absolute atomic E-state index is 0.0673. The largest absolute Gasteiger partial charge is 0.344 e. The zero-order valence-electron chi connectivity index (χ0n) is 10.2. The molecule has 2 N–H and O–H groups in total. The maximum atomic E-state index is 12.1. The fraction of sp³-hybridized carbons (Fsp3) is 0.214. The third-order valence-electron chi connectivity index (χ3n) is 3.25. The number of anilines is 1. The number of carbonyl (C=O) groups excluding carboxylic acids is 2. The lowest BCUT2D eigenvalue weighted by Crippen LogP contribution is -2.37. The SMILES string of the molecule is O=C1CCC(C(=O)Nc2cccc3cnccc23)N1. The molecule has 1 saturated heterocycles. The zero-order chi connectivity index (χ0) is 13.2. The summed E-state index contributed by atoms with van der Waals surface area (Å²) in [5, 5.41) is 7.43. The molecule has 1 unspecified atom stereocenters. The van der Waals surface area contributed by atoms with Crippen LogP contribution in [0.5, 0.6) is 0 Å². The molecule has 5 heteroatoms. The van der Waals surface area contributed by atoms with Crippen molar-refractivity contribution >= 4 is 28.3 Å². The highest BCUT2D eigenvalue weighted by Crippen LogP contribution is 2.22. The molecule has 1 aliphatic heterocycles. The van der Waals surface area contributed by atoms with E-state index in [-0.39, 0.29) is 11.8 Å². The molecule has 0 spiro atoms. The van der Waals surface area contributed by atoms with Crippen LogP contribution in [-0.4, -0.2) is 22.8 Å². The lowest BCUT2D eigenvalue weighted by atomic mass is 10.1. The normalized spacial score (nSPS) is 18.3. The summed E-state index contributed by atoms with van der Waals surface area (Å²) < 4.78 is 0. The van der Waals surface area contributed by atoms with Gasteiger partial charge in [-0.05, 0) is 18.6 Å². The van der Waals surface area contributed by atoms with Gasteiger partial charge in [0.1, 0.15) is 6.04 Å². The predicted octanol–water partition coefficient (Wildman–Crippen LogP) is 1.45. The Morgan fingerprint density at radius 1 is 1.37 bits per heavy atom. The number of nitrogens with one attached hydrogen (secondary N) is 2. The minimum Gasteiger partial charge on any atom is -0.344 e. The quantitative estimate of drug-likeness (QED) is 0.853. The van der Waals surface area contributed by atoms with Gasteiger partial charge in [0.2, 0.25) is 11.8 Å². The van der Waals surface area contributed by atoms with Gasteiger partial charge in [0.25, 0.3) is 0 Å². The molecule has 2 heterocycles. The van der Waals surface area contributed by atoms with Crippen LogP contribution in [0.4, 0.5) is 5.69 Å². The smallest absolute Gasteiger partial charge is 0.246 e. The molecule has 0 radical (unpaired) electrons. The number of hydrogen-bond acceptors (Lipinski definition) is 3. The van der Waals surface area contributed by atoms with E-state index in [1.165, 1.54) is 0 Å². The first-order valence-corrected chi connectivity index (χ1v) is 6.17. The average Bonchev–Trinajstić information content (AvgIpc) is 2.86. The Morgan fingerprint density at radius 3 is 3.05 bits per heavy atom. The molecule has 96 valence electrons. The summed E-state index contributed by atoms with van der Waals surface area (Å²) in [6, 6.07) is 7.08. The summed E-state index contributed by atoms with van der Waals surface area (Å²) in [5.41, 5.74) is 0.742. The van der Waals surface area contributed by atoms with Crippen LogP contribution in [0.2, 0.25) is 0 Å². The van der Waals surface area contributed by atoms with Crippen molar-refractivity contribution in [3.05, 3.63) is 36.7 Å². The van der Waals surface area contributed by atoms with Crippen molar-refractivity contribution in [2.45, 2.75) is 18.9 Å². The van der Waals surface area contributed by atoms with E-state index in [9.17, 15) is 9.59 Å². The summed E-state index contributed by atoms with van der Waals surface area (Å²) in [4.78, 5) is 27.2. The number of benzene rings is 1. The van der Waals surface area contributed by atoms with Gasteiger partial charge in [-0.15, -0.1) is 0 Å². The van der Waals surface area contributed by atoms with E-state index in [0.29, 0.717) is 12.8 Å². The Labute approximate surface area is 110 Å². The van der Waals surface area contributed by atoms with Crippen molar-refractivity contribution < 1.29 is 9.59 Å². The highest BCUT2D eigenvalue weighted by atomic mass is 16.2. The van der Waals surface area contributed by atoms with Crippen LogP contribution in [-0.2, 0) is 9.59 Å². The van der Waals surface area contributed by atoms with Crippen LogP contribution in [0, 0.1) is 0 Å². The maximum absolute atomic E-state index is 12.1. The van der Waals surface area contributed by atoms with Crippen molar-refractivity contribution in [3.8, 4) is 0 Å². The standard InChI is InChI=1S/C14H13N3O2/c18-13-5-4-12(16-13)14(19)17-11-3-1-2-9-8-15-7-6-10(9)11/h1-3,6-8,12H,4-5H2,(H,16,18)(H,17,19). The Morgan fingerprint density at radius 2 is 2.26 bits per heavy atom. The zero-order valence-corrected chi connectivity index (χ0v) is 10.2. The van der Waals surface area contributed by atoms with E-state index >= 15 is 0 Å². The summed E-state index contributed by atoms with van der Waals surface area (Å²) in [6.07, 6.45) is 4.41. The fourth-order valence-electron chi connectivity index (χ4n) is 2.26. The van der Waals surface area contributed by atoms with Gasteiger partial charge in [0.05, 0.1) is 0 Å². The number of carbonyl (C=O) groups is 2. The second kappa shape index (κ2) is 4.68. The van der Waals surface area contributed by atoms with Crippen LogP contribution >= 0.6 is 0 Å². The molecule has 0 aliphatic carbocycles. The number of pyridine rings is 1. The third kappa shape index (κ3) is 2.27. The summed E-state index contributed by atoms with van der Waals surface area (Å²) >= 11 is 0. The first-order chi connectivity index (χ1) is 9.24. The molecule has 1 fully saturated rings. The Balaban J connectivity index is 1.85. The molecule has 1 aromatic heterocycles. The predicted molar refractivity (Wildman–Crippen MR) is 71.5 cm³/mol. The van der Waals surface area contributed by atoms with Crippen molar-refractivity contribution in [3.63, 3.8) is 0 Å². The lowest BCUT2D eigenvalue weighted by molar-refractivity contribution is -0.122. The van der Waals surface area contributed by atoms with Gasteiger partial charge < -0.3 is 10.6 Å². The van der Waals surface area contributed by atoms with Gasteiger partial charge in [0, 0.05) is 35.3 Å². The van der Waals surface area contributed by atoms with E-state index in [1.54, 1.807) is 12.4 Å². The molecule has 3 rings (SSSR count). The van der Waals surface area contributed by atoms with E-state index in [1.807, 2.05) is 24.3 Å². The average molecular weight is 255 g/mol. The second-order valence-electron chi connectivity index (χ2n) is 4.55. The second-order valence-corrected chi connectivity index (χ2v) is 4.55. The topological polar surface area (TPSA) is 71.1 Å². The number of aromatic nitrogens is 1. The van der Waals surface area contributed by atoms with E-state index in [0.717, 1.165) is 16.5 Å². The van der Waals surface area contributed by atoms with Crippen LogP contribution in [0.3, 0.4) is 0 Å². The van der Waals surface area contributed by atoms with Gasteiger partial charge in [-0.2, -0.15) is 0 Å².